The zero-order valence-corrected chi connectivity index (χ0v) is 13.2. The van der Waals surface area contributed by atoms with Crippen molar-refractivity contribution in [1.82, 2.24) is 5.32 Å². The molecule has 4 atom stereocenters. The van der Waals surface area contributed by atoms with Gasteiger partial charge in [0.1, 0.15) is 0 Å². The van der Waals surface area contributed by atoms with E-state index in [-0.39, 0.29) is 28.2 Å². The van der Waals surface area contributed by atoms with Gasteiger partial charge in [0.2, 0.25) is 0 Å². The highest BCUT2D eigenvalue weighted by Crippen LogP contribution is 2.49. The highest BCUT2D eigenvalue weighted by atomic mass is 35.5. The zero-order valence-electron chi connectivity index (χ0n) is 12.4. The second kappa shape index (κ2) is 5.88. The molecule has 1 aromatic rings. The lowest BCUT2D eigenvalue weighted by molar-refractivity contribution is -0.384. The topological polar surface area (TPSA) is 72.2 Å². The molecule has 3 rings (SSSR count). The maximum absolute atomic E-state index is 12.4. The van der Waals surface area contributed by atoms with Crippen molar-refractivity contribution in [3.8, 4) is 0 Å². The van der Waals surface area contributed by atoms with E-state index < -0.39 is 4.92 Å². The van der Waals surface area contributed by atoms with E-state index in [0.29, 0.717) is 11.8 Å². The Hall–Kier alpha value is -1.62. The second-order valence-corrected chi connectivity index (χ2v) is 6.93. The summed E-state index contributed by atoms with van der Waals surface area (Å²) in [6, 6.07) is 4.01. The van der Waals surface area contributed by atoms with E-state index in [2.05, 4.69) is 5.32 Å². The fraction of sp³-hybridized carbons (Fsp3) is 0.562. The molecule has 2 aliphatic carbocycles. The van der Waals surface area contributed by atoms with Gasteiger partial charge >= 0.3 is 0 Å². The van der Waals surface area contributed by atoms with Crippen molar-refractivity contribution in [3.63, 3.8) is 0 Å². The normalized spacial score (nSPS) is 27.6. The van der Waals surface area contributed by atoms with Gasteiger partial charge in [-0.2, -0.15) is 0 Å². The number of carbonyl (C=O) groups is 1. The first kappa shape index (κ1) is 15.3. The number of fused-ring (bicyclic) bond motifs is 2. The van der Waals surface area contributed by atoms with Gasteiger partial charge in [-0.3, -0.25) is 14.9 Å². The third kappa shape index (κ3) is 2.82. The molecule has 118 valence electrons. The van der Waals surface area contributed by atoms with E-state index in [1.54, 1.807) is 0 Å². The largest absolute Gasteiger partial charge is 0.349 e. The lowest BCUT2D eigenvalue weighted by atomic mass is 9.84. The molecule has 0 radical (unpaired) electrons. The number of hydrogen-bond acceptors (Lipinski definition) is 3. The smallest absolute Gasteiger partial charge is 0.270 e. The minimum atomic E-state index is -0.521. The zero-order chi connectivity index (χ0) is 15.9. The summed E-state index contributed by atoms with van der Waals surface area (Å²) in [5, 5.41) is 14.1. The number of rotatable bonds is 4. The molecule has 2 saturated carbocycles. The van der Waals surface area contributed by atoms with Gasteiger partial charge in [0.05, 0.1) is 15.5 Å². The Kier molecular flexibility index (Phi) is 4.08. The standard InChI is InChI=1S/C16H19ClN2O3/c1-9(13-7-10-2-3-11(13)6-10)18-16(20)14-8-12(19(21)22)4-5-15(14)17/h4-5,8-11,13H,2-3,6-7H2,1H3,(H,18,20)/t9-,10-,11-,13-/m0/s1. The van der Waals surface area contributed by atoms with E-state index >= 15 is 0 Å². The van der Waals surface area contributed by atoms with Gasteiger partial charge in [-0.05, 0) is 50.0 Å². The number of amides is 1. The first-order valence-corrected chi connectivity index (χ1v) is 8.08. The summed E-state index contributed by atoms with van der Waals surface area (Å²) in [6.07, 6.45) is 5.03. The summed E-state index contributed by atoms with van der Waals surface area (Å²) >= 11 is 6.02. The van der Waals surface area contributed by atoms with Crippen LogP contribution in [0.25, 0.3) is 0 Å². The summed E-state index contributed by atoms with van der Waals surface area (Å²) < 4.78 is 0. The van der Waals surface area contributed by atoms with Crippen LogP contribution in [0, 0.1) is 27.9 Å². The number of nitrogens with one attached hydrogen (secondary N) is 1. The Morgan fingerprint density at radius 2 is 2.18 bits per heavy atom. The van der Waals surface area contributed by atoms with Crippen LogP contribution < -0.4 is 5.32 Å². The molecule has 1 N–H and O–H groups in total. The Morgan fingerprint density at radius 1 is 1.41 bits per heavy atom. The number of non-ortho nitro benzene ring substituents is 1. The number of halogens is 1. The number of benzene rings is 1. The molecule has 0 heterocycles. The molecule has 0 spiro atoms. The van der Waals surface area contributed by atoms with E-state index in [1.165, 1.54) is 43.9 Å². The molecule has 0 saturated heterocycles. The van der Waals surface area contributed by atoms with Gasteiger partial charge in [-0.25, -0.2) is 0 Å². The number of nitro benzene ring substituents is 1. The molecule has 2 fully saturated rings. The van der Waals surface area contributed by atoms with Crippen molar-refractivity contribution in [1.29, 1.82) is 0 Å². The molecule has 1 amide bonds. The van der Waals surface area contributed by atoms with Gasteiger partial charge in [0, 0.05) is 18.2 Å². The Labute approximate surface area is 134 Å². The van der Waals surface area contributed by atoms with E-state index in [4.69, 9.17) is 11.6 Å². The molecule has 5 nitrogen and oxygen atoms in total. The van der Waals surface area contributed by atoms with Crippen molar-refractivity contribution in [2.24, 2.45) is 17.8 Å². The molecule has 6 heteroatoms. The van der Waals surface area contributed by atoms with Gasteiger partial charge in [0.15, 0.2) is 0 Å². The van der Waals surface area contributed by atoms with E-state index in [9.17, 15) is 14.9 Å². The van der Waals surface area contributed by atoms with Crippen LogP contribution in [0.2, 0.25) is 5.02 Å². The lowest BCUT2D eigenvalue weighted by Crippen LogP contribution is -2.40. The Balaban J connectivity index is 1.71. The first-order valence-electron chi connectivity index (χ1n) is 7.70. The molecular weight excluding hydrogens is 304 g/mol. The highest BCUT2D eigenvalue weighted by Gasteiger charge is 2.42. The summed E-state index contributed by atoms with van der Waals surface area (Å²) in [6.45, 7) is 2.02. The third-order valence-corrected chi connectivity index (χ3v) is 5.53. The number of carbonyl (C=O) groups excluding carboxylic acids is 1. The molecule has 22 heavy (non-hydrogen) atoms. The molecule has 1 aromatic carbocycles. The average molecular weight is 323 g/mol. The number of nitrogens with zero attached hydrogens (tertiary/aromatic N) is 1. The Morgan fingerprint density at radius 3 is 2.77 bits per heavy atom. The van der Waals surface area contributed by atoms with Gasteiger partial charge in [0.25, 0.3) is 11.6 Å². The minimum Gasteiger partial charge on any atom is -0.349 e. The second-order valence-electron chi connectivity index (χ2n) is 6.52. The molecule has 0 aliphatic heterocycles. The van der Waals surface area contributed by atoms with Gasteiger partial charge in [-0.1, -0.05) is 18.0 Å². The van der Waals surface area contributed by atoms with Crippen LogP contribution >= 0.6 is 11.6 Å². The van der Waals surface area contributed by atoms with Crippen molar-refractivity contribution in [2.75, 3.05) is 0 Å². The molecular formula is C16H19ClN2O3. The number of hydrogen-bond donors (Lipinski definition) is 1. The van der Waals surface area contributed by atoms with Crippen molar-refractivity contribution < 1.29 is 9.72 Å². The quantitative estimate of drug-likeness (QED) is 0.677. The van der Waals surface area contributed by atoms with E-state index in [1.807, 2.05) is 6.92 Å². The fourth-order valence-corrected chi connectivity index (χ4v) is 4.30. The number of nitro groups is 1. The maximum Gasteiger partial charge on any atom is 0.270 e. The first-order chi connectivity index (χ1) is 10.5. The van der Waals surface area contributed by atoms with Crippen molar-refractivity contribution in [3.05, 3.63) is 38.9 Å². The van der Waals surface area contributed by atoms with Crippen LogP contribution in [-0.2, 0) is 0 Å². The average Bonchev–Trinajstić information content (AvgIpc) is 3.09. The SMILES string of the molecule is C[C@H](NC(=O)c1cc([N+](=O)[O-])ccc1Cl)[C@@H]1C[C@H]2CC[C@H]1C2. The summed E-state index contributed by atoms with van der Waals surface area (Å²) in [5.74, 6) is 1.71. The fourth-order valence-electron chi connectivity index (χ4n) is 4.10. The predicted octanol–water partition coefficient (Wildman–Crippen LogP) is 3.80. The highest BCUT2D eigenvalue weighted by molar-refractivity contribution is 6.33. The summed E-state index contributed by atoms with van der Waals surface area (Å²) in [5.41, 5.74) is 0.0491. The monoisotopic (exact) mass is 322 g/mol. The van der Waals surface area contributed by atoms with Crippen LogP contribution in [0.15, 0.2) is 18.2 Å². The van der Waals surface area contributed by atoms with Crippen LogP contribution in [0.1, 0.15) is 43.0 Å². The summed E-state index contributed by atoms with van der Waals surface area (Å²) in [7, 11) is 0. The summed E-state index contributed by atoms with van der Waals surface area (Å²) in [4.78, 5) is 22.7. The van der Waals surface area contributed by atoms with E-state index in [0.717, 1.165) is 5.92 Å². The molecule has 2 bridgehead atoms. The Bertz CT molecular complexity index is 619. The molecule has 0 unspecified atom stereocenters. The van der Waals surface area contributed by atoms with Crippen LogP contribution in [0.4, 0.5) is 5.69 Å². The minimum absolute atomic E-state index is 0.0677. The van der Waals surface area contributed by atoms with Gasteiger partial charge in [-0.15, -0.1) is 0 Å². The lowest BCUT2D eigenvalue weighted by Gasteiger charge is -2.28. The van der Waals surface area contributed by atoms with Crippen LogP contribution in [0.3, 0.4) is 0 Å². The van der Waals surface area contributed by atoms with Crippen molar-refractivity contribution >= 4 is 23.2 Å². The van der Waals surface area contributed by atoms with Gasteiger partial charge < -0.3 is 5.32 Å². The predicted molar refractivity (Wildman–Crippen MR) is 84.0 cm³/mol. The third-order valence-electron chi connectivity index (χ3n) is 5.20. The van der Waals surface area contributed by atoms with Crippen LogP contribution in [0.5, 0.6) is 0 Å². The van der Waals surface area contributed by atoms with Crippen molar-refractivity contribution in [2.45, 2.75) is 38.6 Å². The maximum atomic E-state index is 12.4. The molecule has 2 aliphatic rings. The van der Waals surface area contributed by atoms with Crippen LogP contribution in [-0.4, -0.2) is 16.9 Å². The molecule has 0 aromatic heterocycles.